The minimum Gasteiger partial charge on any atom is -0.304 e. The standard InChI is InChI=1S/C17H14ClNO2/c1-11-9-16(20)14-7-2-3-8-15(14)19(11)17(21)12-5-4-6-13(18)10-12/h2-8,10-11H,9H2,1H3. The van der Waals surface area contributed by atoms with E-state index in [1.165, 1.54) is 0 Å². The number of carbonyl (C=O) groups excluding carboxylic acids is 2. The first-order valence-corrected chi connectivity index (χ1v) is 7.17. The molecule has 0 bridgehead atoms. The van der Waals surface area contributed by atoms with Crippen LogP contribution in [-0.4, -0.2) is 17.7 Å². The number of hydrogen-bond acceptors (Lipinski definition) is 2. The van der Waals surface area contributed by atoms with E-state index in [0.29, 0.717) is 28.3 Å². The summed E-state index contributed by atoms with van der Waals surface area (Å²) >= 11 is 5.96. The van der Waals surface area contributed by atoms with Crippen molar-refractivity contribution in [3.63, 3.8) is 0 Å². The molecule has 21 heavy (non-hydrogen) atoms. The number of nitrogens with zero attached hydrogens (tertiary/aromatic N) is 1. The van der Waals surface area contributed by atoms with Crippen molar-refractivity contribution in [2.24, 2.45) is 0 Å². The normalized spacial score (nSPS) is 17.5. The van der Waals surface area contributed by atoms with Crippen LogP contribution in [0, 0.1) is 0 Å². The first-order chi connectivity index (χ1) is 10.1. The lowest BCUT2D eigenvalue weighted by molar-refractivity contribution is 0.0936. The average molecular weight is 300 g/mol. The van der Waals surface area contributed by atoms with E-state index in [-0.39, 0.29) is 17.7 Å². The van der Waals surface area contributed by atoms with Crippen LogP contribution in [0.25, 0.3) is 0 Å². The van der Waals surface area contributed by atoms with Gasteiger partial charge in [0.1, 0.15) is 0 Å². The van der Waals surface area contributed by atoms with Crippen molar-refractivity contribution in [3.05, 3.63) is 64.7 Å². The third-order valence-corrected chi connectivity index (χ3v) is 3.91. The van der Waals surface area contributed by atoms with Crippen LogP contribution in [0.4, 0.5) is 5.69 Å². The van der Waals surface area contributed by atoms with Gasteiger partial charge in [-0.15, -0.1) is 0 Å². The number of hydrogen-bond donors (Lipinski definition) is 0. The summed E-state index contributed by atoms with van der Waals surface area (Å²) in [5, 5.41) is 0.523. The molecule has 3 nitrogen and oxygen atoms in total. The molecule has 1 amide bonds. The van der Waals surface area contributed by atoms with Gasteiger partial charge in [-0.1, -0.05) is 29.8 Å². The number of anilines is 1. The molecule has 3 rings (SSSR count). The lowest BCUT2D eigenvalue weighted by Gasteiger charge is -2.34. The fourth-order valence-electron chi connectivity index (χ4n) is 2.70. The number of Topliss-reactive ketones (excluding diaryl/α,β-unsaturated/α-hetero) is 1. The third-order valence-electron chi connectivity index (χ3n) is 3.68. The predicted molar refractivity (Wildman–Crippen MR) is 83.1 cm³/mol. The maximum absolute atomic E-state index is 12.8. The summed E-state index contributed by atoms with van der Waals surface area (Å²) < 4.78 is 0. The molecule has 2 aromatic carbocycles. The van der Waals surface area contributed by atoms with Crippen molar-refractivity contribution in [2.75, 3.05) is 4.90 Å². The Morgan fingerprint density at radius 3 is 2.71 bits per heavy atom. The fraction of sp³-hybridized carbons (Fsp3) is 0.176. The number of benzene rings is 2. The van der Waals surface area contributed by atoms with Crippen molar-refractivity contribution < 1.29 is 9.59 Å². The number of carbonyl (C=O) groups is 2. The zero-order valence-electron chi connectivity index (χ0n) is 11.5. The quantitative estimate of drug-likeness (QED) is 0.799. The van der Waals surface area contributed by atoms with Gasteiger partial charge in [0.2, 0.25) is 0 Å². The molecule has 1 heterocycles. The van der Waals surface area contributed by atoms with E-state index < -0.39 is 0 Å². The number of halogens is 1. The molecule has 2 aromatic rings. The summed E-state index contributed by atoms with van der Waals surface area (Å²) in [6.45, 7) is 1.89. The summed E-state index contributed by atoms with van der Waals surface area (Å²) in [5.41, 5.74) is 1.80. The maximum Gasteiger partial charge on any atom is 0.258 e. The van der Waals surface area contributed by atoms with Crippen molar-refractivity contribution in [1.29, 1.82) is 0 Å². The Morgan fingerprint density at radius 1 is 1.19 bits per heavy atom. The Balaban J connectivity index is 2.07. The lowest BCUT2D eigenvalue weighted by Crippen LogP contribution is -2.43. The SMILES string of the molecule is CC1CC(=O)c2ccccc2N1C(=O)c1cccc(Cl)c1. The van der Waals surface area contributed by atoms with Gasteiger partial charge < -0.3 is 4.90 Å². The summed E-state index contributed by atoms with van der Waals surface area (Å²) in [6.07, 6.45) is 0.337. The van der Waals surface area contributed by atoms with Gasteiger partial charge in [0.05, 0.1) is 5.69 Å². The molecular weight excluding hydrogens is 286 g/mol. The number of ketones is 1. The monoisotopic (exact) mass is 299 g/mol. The molecule has 0 aliphatic carbocycles. The van der Waals surface area contributed by atoms with Gasteiger partial charge in [-0.05, 0) is 37.3 Å². The number of amides is 1. The average Bonchev–Trinajstić information content (AvgIpc) is 2.47. The first-order valence-electron chi connectivity index (χ1n) is 6.79. The smallest absolute Gasteiger partial charge is 0.258 e. The van der Waals surface area contributed by atoms with Gasteiger partial charge in [0.25, 0.3) is 5.91 Å². The maximum atomic E-state index is 12.8. The molecule has 0 fully saturated rings. The van der Waals surface area contributed by atoms with Gasteiger partial charge in [-0.2, -0.15) is 0 Å². The van der Waals surface area contributed by atoms with Crippen LogP contribution in [0.2, 0.25) is 5.02 Å². The van der Waals surface area contributed by atoms with E-state index in [2.05, 4.69) is 0 Å². The van der Waals surface area contributed by atoms with Crippen LogP contribution < -0.4 is 4.90 Å². The van der Waals surface area contributed by atoms with E-state index in [1.807, 2.05) is 25.1 Å². The van der Waals surface area contributed by atoms with Crippen LogP contribution >= 0.6 is 11.6 Å². The summed E-state index contributed by atoms with van der Waals surface area (Å²) in [5.74, 6) is -0.0572. The second-order valence-electron chi connectivity index (χ2n) is 5.18. The fourth-order valence-corrected chi connectivity index (χ4v) is 2.89. The van der Waals surface area contributed by atoms with Crippen molar-refractivity contribution in [1.82, 2.24) is 0 Å². The minimum atomic E-state index is -0.168. The van der Waals surface area contributed by atoms with E-state index in [9.17, 15) is 9.59 Å². The molecule has 0 saturated heterocycles. The molecule has 0 radical (unpaired) electrons. The highest BCUT2D eigenvalue weighted by atomic mass is 35.5. The molecule has 0 spiro atoms. The molecule has 0 saturated carbocycles. The topological polar surface area (TPSA) is 37.4 Å². The summed E-state index contributed by atoms with van der Waals surface area (Å²) in [7, 11) is 0. The number of fused-ring (bicyclic) bond motifs is 1. The largest absolute Gasteiger partial charge is 0.304 e. The zero-order valence-corrected chi connectivity index (χ0v) is 12.3. The van der Waals surface area contributed by atoms with E-state index in [4.69, 9.17) is 11.6 Å². The molecule has 1 atom stereocenters. The van der Waals surface area contributed by atoms with Crippen molar-refractivity contribution in [2.45, 2.75) is 19.4 Å². The number of para-hydroxylation sites is 1. The summed E-state index contributed by atoms with van der Waals surface area (Å²) in [4.78, 5) is 26.6. The van der Waals surface area contributed by atoms with Gasteiger partial charge in [0, 0.05) is 28.6 Å². The summed E-state index contributed by atoms with van der Waals surface area (Å²) in [6, 6.07) is 13.9. The van der Waals surface area contributed by atoms with E-state index in [1.54, 1.807) is 35.2 Å². The molecule has 0 aromatic heterocycles. The van der Waals surface area contributed by atoms with Crippen molar-refractivity contribution in [3.8, 4) is 0 Å². The van der Waals surface area contributed by atoms with Gasteiger partial charge in [0.15, 0.2) is 5.78 Å². The molecule has 106 valence electrons. The Bertz CT molecular complexity index is 726. The number of rotatable bonds is 1. The highest BCUT2D eigenvalue weighted by molar-refractivity contribution is 6.31. The predicted octanol–water partition coefficient (Wildman–Crippen LogP) is 3.96. The van der Waals surface area contributed by atoms with Crippen LogP contribution in [0.1, 0.15) is 34.1 Å². The van der Waals surface area contributed by atoms with Crippen molar-refractivity contribution >= 4 is 29.0 Å². The van der Waals surface area contributed by atoms with Crippen LogP contribution in [0.15, 0.2) is 48.5 Å². The molecule has 1 aliphatic rings. The Kier molecular flexibility index (Phi) is 3.52. The van der Waals surface area contributed by atoms with Crippen LogP contribution in [-0.2, 0) is 0 Å². The van der Waals surface area contributed by atoms with Crippen LogP contribution in [0.3, 0.4) is 0 Å². The van der Waals surface area contributed by atoms with Gasteiger partial charge in [-0.3, -0.25) is 9.59 Å². The van der Waals surface area contributed by atoms with E-state index in [0.717, 1.165) is 0 Å². The Hall–Kier alpha value is -2.13. The highest BCUT2D eigenvalue weighted by Crippen LogP contribution is 2.32. The lowest BCUT2D eigenvalue weighted by atomic mass is 9.94. The second-order valence-corrected chi connectivity index (χ2v) is 5.62. The van der Waals surface area contributed by atoms with E-state index >= 15 is 0 Å². The molecular formula is C17H14ClNO2. The molecule has 1 unspecified atom stereocenters. The molecule has 0 N–H and O–H groups in total. The highest BCUT2D eigenvalue weighted by Gasteiger charge is 2.32. The first kappa shape index (κ1) is 13.8. The van der Waals surface area contributed by atoms with Gasteiger partial charge >= 0.3 is 0 Å². The Labute approximate surface area is 128 Å². The molecule has 4 heteroatoms. The Morgan fingerprint density at radius 2 is 1.95 bits per heavy atom. The second kappa shape index (κ2) is 5.34. The third kappa shape index (κ3) is 2.45. The van der Waals surface area contributed by atoms with Crippen LogP contribution in [0.5, 0.6) is 0 Å². The molecule has 1 aliphatic heterocycles. The van der Waals surface area contributed by atoms with Gasteiger partial charge in [-0.25, -0.2) is 0 Å². The zero-order chi connectivity index (χ0) is 15.0. The minimum absolute atomic E-state index is 0.0771.